The summed E-state index contributed by atoms with van der Waals surface area (Å²) in [6.45, 7) is 3.96. The predicted octanol–water partition coefficient (Wildman–Crippen LogP) is 6.52. The van der Waals surface area contributed by atoms with Gasteiger partial charge in [0.15, 0.2) is 0 Å². The Kier molecular flexibility index (Phi) is 3.68. The summed E-state index contributed by atoms with van der Waals surface area (Å²) < 4.78 is 0. The number of imidazole rings is 2. The third-order valence-electron chi connectivity index (χ3n) is 7.10. The fourth-order valence-corrected chi connectivity index (χ4v) is 5.57. The smallest absolute Gasteiger partial charge is 0.116 e. The van der Waals surface area contributed by atoms with Crippen molar-refractivity contribution < 1.29 is 0 Å². The van der Waals surface area contributed by atoms with E-state index in [-0.39, 0.29) is 0 Å². The van der Waals surface area contributed by atoms with Crippen LogP contribution in [0.15, 0.2) is 67.3 Å². The molecule has 0 unspecified atom stereocenters. The number of hydrogen-bond acceptors (Lipinski definition) is 5. The summed E-state index contributed by atoms with van der Waals surface area (Å²) in [6.07, 6.45) is 5.32. The standard InChI is InChI=1S/C29H19N7/c1-14-33-26-19-8-6-17(11-22(19)24-20(28(26)35-14)4-3-9-31-24)16-5-7-18-21(10-16)23-12-30-13-32-25(23)29-27(18)34-15(2)36-29/h3-13H,1-2H3,(H,33,35)(H,34,36). The lowest BCUT2D eigenvalue weighted by molar-refractivity contribution is 1.17. The van der Waals surface area contributed by atoms with Crippen LogP contribution in [0.4, 0.5) is 0 Å². The van der Waals surface area contributed by atoms with Crippen LogP contribution in [0, 0.1) is 13.8 Å². The van der Waals surface area contributed by atoms with Crippen molar-refractivity contribution in [3.8, 4) is 11.1 Å². The second kappa shape index (κ2) is 6.82. The number of aromatic amines is 2. The number of H-pyrrole nitrogens is 2. The minimum absolute atomic E-state index is 0.871. The van der Waals surface area contributed by atoms with E-state index < -0.39 is 0 Å². The van der Waals surface area contributed by atoms with Crippen molar-refractivity contribution in [2.75, 3.05) is 0 Å². The summed E-state index contributed by atoms with van der Waals surface area (Å²) in [5.74, 6) is 1.77. The number of pyridine rings is 1. The van der Waals surface area contributed by atoms with Gasteiger partial charge in [-0.15, -0.1) is 0 Å². The first-order valence-corrected chi connectivity index (χ1v) is 11.8. The Hall–Kier alpha value is -4.91. The number of nitrogens with one attached hydrogen (secondary N) is 2. The monoisotopic (exact) mass is 465 g/mol. The molecule has 0 amide bonds. The van der Waals surface area contributed by atoms with Gasteiger partial charge in [-0.2, -0.15) is 0 Å². The van der Waals surface area contributed by atoms with Gasteiger partial charge in [-0.05, 0) is 54.6 Å². The fourth-order valence-electron chi connectivity index (χ4n) is 5.57. The Balaban J connectivity index is 1.45. The molecule has 2 N–H and O–H groups in total. The van der Waals surface area contributed by atoms with Crippen LogP contribution in [-0.4, -0.2) is 34.9 Å². The molecule has 0 bridgehead atoms. The zero-order valence-corrected chi connectivity index (χ0v) is 19.6. The van der Waals surface area contributed by atoms with Crippen molar-refractivity contribution >= 4 is 65.4 Å². The van der Waals surface area contributed by atoms with E-state index in [0.717, 1.165) is 88.2 Å². The van der Waals surface area contributed by atoms with E-state index in [0.29, 0.717) is 0 Å². The van der Waals surface area contributed by atoms with Gasteiger partial charge >= 0.3 is 0 Å². The molecule has 4 aromatic carbocycles. The van der Waals surface area contributed by atoms with Crippen LogP contribution >= 0.6 is 0 Å². The van der Waals surface area contributed by atoms with E-state index in [9.17, 15) is 0 Å². The molecule has 0 atom stereocenters. The molecular formula is C29H19N7. The van der Waals surface area contributed by atoms with E-state index in [1.807, 2.05) is 32.3 Å². The molecular weight excluding hydrogens is 446 g/mol. The molecule has 36 heavy (non-hydrogen) atoms. The van der Waals surface area contributed by atoms with Crippen LogP contribution in [0.3, 0.4) is 0 Å². The van der Waals surface area contributed by atoms with Crippen molar-refractivity contribution in [1.82, 2.24) is 34.9 Å². The maximum absolute atomic E-state index is 4.77. The Morgan fingerprint density at radius 1 is 0.583 bits per heavy atom. The van der Waals surface area contributed by atoms with Gasteiger partial charge in [0.05, 0.1) is 33.1 Å². The third kappa shape index (κ3) is 2.54. The molecule has 4 aromatic heterocycles. The average Bonchev–Trinajstić information content (AvgIpc) is 3.51. The molecule has 0 saturated carbocycles. The minimum Gasteiger partial charge on any atom is -0.342 e. The maximum Gasteiger partial charge on any atom is 0.116 e. The highest BCUT2D eigenvalue weighted by atomic mass is 14.9. The van der Waals surface area contributed by atoms with E-state index in [1.54, 1.807) is 6.33 Å². The highest BCUT2D eigenvalue weighted by molar-refractivity contribution is 6.24. The zero-order valence-electron chi connectivity index (χ0n) is 19.6. The highest BCUT2D eigenvalue weighted by Crippen LogP contribution is 2.38. The number of hydrogen-bond donors (Lipinski definition) is 2. The summed E-state index contributed by atoms with van der Waals surface area (Å²) in [5.41, 5.74) is 7.98. The molecule has 170 valence electrons. The van der Waals surface area contributed by atoms with Gasteiger partial charge in [-0.1, -0.05) is 24.3 Å². The molecule has 0 aliphatic carbocycles. The minimum atomic E-state index is 0.871. The molecule has 0 saturated heterocycles. The van der Waals surface area contributed by atoms with Gasteiger partial charge in [0.25, 0.3) is 0 Å². The molecule has 0 fully saturated rings. The lowest BCUT2D eigenvalue weighted by Crippen LogP contribution is -1.89. The Morgan fingerprint density at radius 3 is 2.14 bits per heavy atom. The third-order valence-corrected chi connectivity index (χ3v) is 7.10. The lowest BCUT2D eigenvalue weighted by atomic mass is 9.95. The summed E-state index contributed by atoms with van der Waals surface area (Å²) >= 11 is 0. The largest absolute Gasteiger partial charge is 0.342 e. The number of aryl methyl sites for hydroxylation is 2. The molecule has 7 nitrogen and oxygen atoms in total. The topological polar surface area (TPSA) is 96.0 Å². The summed E-state index contributed by atoms with van der Waals surface area (Å²) in [6, 6.07) is 17.2. The van der Waals surface area contributed by atoms with E-state index in [4.69, 9.17) is 15.0 Å². The van der Waals surface area contributed by atoms with Crippen molar-refractivity contribution in [2.45, 2.75) is 13.8 Å². The SMILES string of the molecule is Cc1nc2c3cccnc3c3cc(-c4ccc5c(c4)c4cncnc4c4[nH]c(C)nc54)ccc3c2[nH]1. The zero-order chi connectivity index (χ0) is 24.0. The number of rotatable bonds is 1. The lowest BCUT2D eigenvalue weighted by Gasteiger charge is -2.10. The molecule has 8 aromatic rings. The highest BCUT2D eigenvalue weighted by Gasteiger charge is 2.16. The van der Waals surface area contributed by atoms with Crippen LogP contribution in [-0.2, 0) is 0 Å². The van der Waals surface area contributed by atoms with Crippen molar-refractivity contribution in [2.24, 2.45) is 0 Å². The number of fused-ring (bicyclic) bond motifs is 12. The molecule has 7 heteroatoms. The maximum atomic E-state index is 4.77. The van der Waals surface area contributed by atoms with Gasteiger partial charge in [-0.3, -0.25) is 4.98 Å². The normalized spacial score (nSPS) is 12.2. The van der Waals surface area contributed by atoms with E-state index in [1.165, 1.54) is 0 Å². The summed E-state index contributed by atoms with van der Waals surface area (Å²) in [5, 5.41) is 6.46. The van der Waals surface area contributed by atoms with Crippen LogP contribution in [0.25, 0.3) is 76.5 Å². The van der Waals surface area contributed by atoms with Crippen LogP contribution in [0.1, 0.15) is 11.6 Å². The second-order valence-corrected chi connectivity index (χ2v) is 9.30. The van der Waals surface area contributed by atoms with E-state index >= 15 is 0 Å². The van der Waals surface area contributed by atoms with Gasteiger partial charge in [0.2, 0.25) is 0 Å². The first-order valence-electron chi connectivity index (χ1n) is 11.8. The number of benzene rings is 4. The van der Waals surface area contributed by atoms with Crippen molar-refractivity contribution in [3.05, 3.63) is 78.9 Å². The Labute approximate surface area is 204 Å². The van der Waals surface area contributed by atoms with Crippen molar-refractivity contribution in [3.63, 3.8) is 0 Å². The van der Waals surface area contributed by atoms with Gasteiger partial charge in [0, 0.05) is 39.3 Å². The molecule has 0 aliphatic rings. The van der Waals surface area contributed by atoms with E-state index in [2.05, 4.69) is 62.4 Å². The van der Waals surface area contributed by atoms with Gasteiger partial charge < -0.3 is 9.97 Å². The Bertz CT molecular complexity index is 2030. The summed E-state index contributed by atoms with van der Waals surface area (Å²) in [4.78, 5) is 30.0. The molecule has 8 rings (SSSR count). The quantitative estimate of drug-likeness (QED) is 0.269. The van der Waals surface area contributed by atoms with Crippen LogP contribution in [0.5, 0.6) is 0 Å². The number of nitrogens with zero attached hydrogens (tertiary/aromatic N) is 5. The van der Waals surface area contributed by atoms with Crippen molar-refractivity contribution in [1.29, 1.82) is 0 Å². The first-order chi connectivity index (χ1) is 17.7. The van der Waals surface area contributed by atoms with Gasteiger partial charge in [-0.25, -0.2) is 19.9 Å². The molecule has 0 aliphatic heterocycles. The fraction of sp³-hybridized carbons (Fsp3) is 0.0690. The summed E-state index contributed by atoms with van der Waals surface area (Å²) in [7, 11) is 0. The van der Waals surface area contributed by atoms with Crippen LogP contribution < -0.4 is 0 Å². The Morgan fingerprint density at radius 2 is 1.31 bits per heavy atom. The molecule has 4 heterocycles. The molecule has 0 radical (unpaired) electrons. The average molecular weight is 466 g/mol. The first kappa shape index (κ1) is 19.4. The predicted molar refractivity (Wildman–Crippen MR) is 144 cm³/mol. The second-order valence-electron chi connectivity index (χ2n) is 9.30. The number of aromatic nitrogens is 7. The molecule has 0 spiro atoms. The van der Waals surface area contributed by atoms with Crippen LogP contribution in [0.2, 0.25) is 0 Å². The van der Waals surface area contributed by atoms with Gasteiger partial charge in [0.1, 0.15) is 18.0 Å².